The van der Waals surface area contributed by atoms with Gasteiger partial charge in [0.1, 0.15) is 11.6 Å². The van der Waals surface area contributed by atoms with Crippen molar-refractivity contribution in [2.45, 2.75) is 50.9 Å². The van der Waals surface area contributed by atoms with Gasteiger partial charge < -0.3 is 30.0 Å². The summed E-state index contributed by atoms with van der Waals surface area (Å²) >= 11 is 0. The lowest BCUT2D eigenvalue weighted by molar-refractivity contribution is -0.178. The third-order valence-electron chi connectivity index (χ3n) is 7.41. The van der Waals surface area contributed by atoms with Crippen molar-refractivity contribution in [2.24, 2.45) is 0 Å². The molecule has 10 nitrogen and oxygen atoms in total. The van der Waals surface area contributed by atoms with Crippen LogP contribution in [0, 0.1) is 5.82 Å². The van der Waals surface area contributed by atoms with Gasteiger partial charge in [-0.1, -0.05) is 12.1 Å². The van der Waals surface area contributed by atoms with E-state index in [4.69, 9.17) is 29.8 Å². The maximum absolute atomic E-state index is 13.7. The minimum Gasteiger partial charge on any atom is -0.496 e. The number of aromatic nitrogens is 2. The van der Waals surface area contributed by atoms with Gasteiger partial charge in [-0.05, 0) is 55.7 Å². The number of nitrogens with two attached hydrogens (primary N) is 1. The fourth-order valence-corrected chi connectivity index (χ4v) is 5.34. The Morgan fingerprint density at radius 1 is 1.15 bits per heavy atom. The van der Waals surface area contributed by atoms with E-state index in [0.717, 1.165) is 37.3 Å². The van der Waals surface area contributed by atoms with E-state index in [1.165, 1.54) is 23.9 Å². The van der Waals surface area contributed by atoms with E-state index in [-0.39, 0.29) is 36.1 Å². The molecule has 3 aromatic rings. The molecule has 11 heteroatoms. The third-order valence-corrected chi connectivity index (χ3v) is 7.41. The molecule has 1 aliphatic carbocycles. The number of amides is 1. The number of hydrogen-bond acceptors (Lipinski definition) is 8. The molecule has 40 heavy (non-hydrogen) atoms. The zero-order chi connectivity index (χ0) is 28.3. The predicted octanol–water partition coefficient (Wildman–Crippen LogP) is 4.11. The largest absolute Gasteiger partial charge is 0.496 e. The summed E-state index contributed by atoms with van der Waals surface area (Å²) in [5, 5.41) is 7.56. The summed E-state index contributed by atoms with van der Waals surface area (Å²) in [5.74, 6) is -1.71. The molecule has 0 atom stereocenters. The van der Waals surface area contributed by atoms with E-state index in [2.05, 4.69) is 5.32 Å². The highest BCUT2D eigenvalue weighted by atomic mass is 19.1. The maximum atomic E-state index is 13.7. The quantitative estimate of drug-likeness (QED) is 0.400. The molecule has 5 rings (SSSR count). The standard InChI is InChI=1S/C29H33FN4O6/c1-3-38-28(36)26-24(31)25(19-10-12-29(13-11-19)39-14-15-40-29)33-34(26)21-7-4-18(5-8-21)17-32-27(35)22-16-20(30)6-9-23(22)37-2/h4-9,16,19H,3,10-15,17,31H2,1-2H3,(H,32,35). The number of benzene rings is 2. The molecule has 1 saturated heterocycles. The van der Waals surface area contributed by atoms with Gasteiger partial charge in [-0.25, -0.2) is 13.9 Å². The van der Waals surface area contributed by atoms with Gasteiger partial charge in [-0.15, -0.1) is 0 Å². The first-order valence-electron chi connectivity index (χ1n) is 13.4. The SMILES string of the molecule is CCOC(=O)c1c(N)c(C2CCC3(CC2)OCCO3)nn1-c1ccc(CNC(=O)c2cc(F)ccc2OC)cc1. The normalized spacial score (nSPS) is 16.7. The summed E-state index contributed by atoms with van der Waals surface area (Å²) in [7, 11) is 1.42. The van der Waals surface area contributed by atoms with Crippen molar-refractivity contribution < 1.29 is 32.9 Å². The molecule has 2 aliphatic rings. The number of esters is 1. The number of nitrogens with one attached hydrogen (secondary N) is 1. The Bertz CT molecular complexity index is 1370. The van der Waals surface area contributed by atoms with E-state index in [9.17, 15) is 14.0 Å². The number of methoxy groups -OCH3 is 1. The van der Waals surface area contributed by atoms with Crippen molar-refractivity contribution in [1.82, 2.24) is 15.1 Å². The summed E-state index contributed by atoms with van der Waals surface area (Å²) in [4.78, 5) is 25.6. The van der Waals surface area contributed by atoms with Crippen LogP contribution in [-0.2, 0) is 20.8 Å². The van der Waals surface area contributed by atoms with Gasteiger partial charge in [0.05, 0.1) is 49.6 Å². The van der Waals surface area contributed by atoms with Crippen LogP contribution in [0.5, 0.6) is 5.75 Å². The van der Waals surface area contributed by atoms with Gasteiger partial charge in [-0.3, -0.25) is 4.79 Å². The van der Waals surface area contributed by atoms with Crippen LogP contribution in [0.1, 0.15) is 70.6 Å². The van der Waals surface area contributed by atoms with Crippen LogP contribution in [0.15, 0.2) is 42.5 Å². The molecule has 2 aromatic carbocycles. The lowest BCUT2D eigenvalue weighted by Gasteiger charge is -2.34. The summed E-state index contributed by atoms with van der Waals surface area (Å²) in [6.45, 7) is 3.35. The molecule has 3 N–H and O–H groups in total. The monoisotopic (exact) mass is 552 g/mol. The minimum atomic E-state index is -0.547. The molecule has 1 saturated carbocycles. The number of carbonyl (C=O) groups is 2. The number of nitrogens with zero attached hydrogens (tertiary/aromatic N) is 2. The average Bonchev–Trinajstić information content (AvgIpc) is 3.57. The fourth-order valence-electron chi connectivity index (χ4n) is 5.34. The molecule has 2 fully saturated rings. The van der Waals surface area contributed by atoms with Crippen molar-refractivity contribution in [2.75, 3.05) is 32.7 Å². The minimum absolute atomic E-state index is 0.0575. The van der Waals surface area contributed by atoms with Gasteiger partial charge in [0.2, 0.25) is 0 Å². The molecular formula is C29H33FN4O6. The Kier molecular flexibility index (Phi) is 8.04. The number of ether oxygens (including phenoxy) is 4. The van der Waals surface area contributed by atoms with Gasteiger partial charge in [0.15, 0.2) is 11.5 Å². The smallest absolute Gasteiger partial charge is 0.359 e. The number of nitrogen functional groups attached to an aromatic ring is 1. The lowest BCUT2D eigenvalue weighted by Crippen LogP contribution is -2.34. The fraction of sp³-hybridized carbons (Fsp3) is 0.414. The van der Waals surface area contributed by atoms with Crippen LogP contribution in [0.3, 0.4) is 0 Å². The van der Waals surface area contributed by atoms with E-state index >= 15 is 0 Å². The third kappa shape index (κ3) is 5.52. The molecule has 0 radical (unpaired) electrons. The van der Waals surface area contributed by atoms with E-state index in [1.54, 1.807) is 19.1 Å². The Balaban J connectivity index is 1.34. The topological polar surface area (TPSA) is 127 Å². The molecular weight excluding hydrogens is 519 g/mol. The van der Waals surface area contributed by atoms with Gasteiger partial charge >= 0.3 is 5.97 Å². The zero-order valence-corrected chi connectivity index (χ0v) is 22.6. The number of halogens is 1. The molecule has 0 unspecified atom stereocenters. The summed E-state index contributed by atoms with van der Waals surface area (Å²) in [6.07, 6.45) is 3.03. The average molecular weight is 553 g/mol. The Morgan fingerprint density at radius 2 is 1.85 bits per heavy atom. The van der Waals surface area contributed by atoms with Crippen molar-refractivity contribution in [3.8, 4) is 11.4 Å². The first-order chi connectivity index (χ1) is 19.3. The van der Waals surface area contributed by atoms with Crippen LogP contribution >= 0.6 is 0 Å². The molecule has 1 aromatic heterocycles. The van der Waals surface area contributed by atoms with Crippen LogP contribution in [-0.4, -0.2) is 54.4 Å². The summed E-state index contributed by atoms with van der Waals surface area (Å²) < 4.78 is 37.4. The van der Waals surface area contributed by atoms with Crippen molar-refractivity contribution in [3.05, 3.63) is 70.8 Å². The Labute approximate surface area is 231 Å². The molecule has 1 aliphatic heterocycles. The molecule has 212 valence electrons. The zero-order valence-electron chi connectivity index (χ0n) is 22.6. The number of anilines is 1. The summed E-state index contributed by atoms with van der Waals surface area (Å²) in [5.41, 5.74) is 9.20. The van der Waals surface area contributed by atoms with Crippen molar-refractivity contribution in [1.29, 1.82) is 0 Å². The Hall–Kier alpha value is -3.96. The molecule has 1 amide bonds. The Morgan fingerprint density at radius 3 is 2.50 bits per heavy atom. The second-order valence-electron chi connectivity index (χ2n) is 9.86. The van der Waals surface area contributed by atoms with Gasteiger partial charge in [0, 0.05) is 25.3 Å². The number of hydrogen-bond donors (Lipinski definition) is 2. The maximum Gasteiger partial charge on any atom is 0.359 e. The second kappa shape index (κ2) is 11.6. The van der Waals surface area contributed by atoms with Gasteiger partial charge in [0.25, 0.3) is 5.91 Å². The highest BCUT2D eigenvalue weighted by Gasteiger charge is 2.42. The number of rotatable bonds is 8. The van der Waals surface area contributed by atoms with Crippen LogP contribution < -0.4 is 15.8 Å². The highest BCUT2D eigenvalue weighted by molar-refractivity contribution is 5.97. The van der Waals surface area contributed by atoms with E-state index in [0.29, 0.717) is 30.3 Å². The predicted molar refractivity (Wildman–Crippen MR) is 144 cm³/mol. The molecule has 0 bridgehead atoms. The van der Waals surface area contributed by atoms with Crippen LogP contribution in [0.4, 0.5) is 10.1 Å². The van der Waals surface area contributed by atoms with Crippen LogP contribution in [0.25, 0.3) is 5.69 Å². The van der Waals surface area contributed by atoms with Crippen molar-refractivity contribution >= 4 is 17.6 Å². The first kappa shape index (κ1) is 27.6. The first-order valence-corrected chi connectivity index (χ1v) is 13.4. The lowest BCUT2D eigenvalue weighted by atomic mass is 9.83. The van der Waals surface area contributed by atoms with E-state index in [1.807, 2.05) is 12.1 Å². The van der Waals surface area contributed by atoms with E-state index < -0.39 is 23.5 Å². The molecule has 1 spiro atoms. The van der Waals surface area contributed by atoms with Crippen molar-refractivity contribution in [3.63, 3.8) is 0 Å². The van der Waals surface area contributed by atoms with Crippen LogP contribution in [0.2, 0.25) is 0 Å². The highest BCUT2D eigenvalue weighted by Crippen LogP contribution is 2.44. The second-order valence-corrected chi connectivity index (χ2v) is 9.86. The summed E-state index contributed by atoms with van der Waals surface area (Å²) in [6, 6.07) is 11.0. The number of carbonyl (C=O) groups excluding carboxylic acids is 2. The molecule has 2 heterocycles. The van der Waals surface area contributed by atoms with Gasteiger partial charge in [-0.2, -0.15) is 5.10 Å².